The number of amides is 1. The van der Waals surface area contributed by atoms with E-state index in [9.17, 15) is 4.79 Å². The molecular formula is C15H28N2O. The van der Waals surface area contributed by atoms with Gasteiger partial charge in [0.05, 0.1) is 6.54 Å². The van der Waals surface area contributed by atoms with E-state index < -0.39 is 0 Å². The first-order valence-electron chi connectivity index (χ1n) is 7.73. The second-order valence-corrected chi connectivity index (χ2v) is 6.14. The fourth-order valence-corrected chi connectivity index (χ4v) is 3.68. The minimum Gasteiger partial charge on any atom is -0.352 e. The van der Waals surface area contributed by atoms with E-state index in [2.05, 4.69) is 24.5 Å². The molecule has 2 saturated carbocycles. The fourth-order valence-electron chi connectivity index (χ4n) is 3.68. The molecule has 3 nitrogen and oxygen atoms in total. The van der Waals surface area contributed by atoms with E-state index >= 15 is 0 Å². The van der Waals surface area contributed by atoms with Crippen LogP contribution in [-0.2, 0) is 4.79 Å². The maximum Gasteiger partial charge on any atom is 0.234 e. The van der Waals surface area contributed by atoms with Gasteiger partial charge in [0.25, 0.3) is 0 Å². The second-order valence-electron chi connectivity index (χ2n) is 6.14. The summed E-state index contributed by atoms with van der Waals surface area (Å²) in [4.78, 5) is 11.8. The van der Waals surface area contributed by atoms with Crippen LogP contribution in [0.25, 0.3) is 0 Å². The average Bonchev–Trinajstić information content (AvgIpc) is 2.97. The Labute approximate surface area is 111 Å². The molecule has 0 aromatic rings. The molecule has 0 aliphatic heterocycles. The van der Waals surface area contributed by atoms with E-state index in [0.717, 1.165) is 5.92 Å². The van der Waals surface area contributed by atoms with Crippen molar-refractivity contribution in [1.29, 1.82) is 0 Å². The van der Waals surface area contributed by atoms with E-state index in [1.807, 2.05) is 0 Å². The van der Waals surface area contributed by atoms with Gasteiger partial charge in [-0.1, -0.05) is 33.1 Å². The van der Waals surface area contributed by atoms with Crippen molar-refractivity contribution in [2.24, 2.45) is 11.8 Å². The summed E-state index contributed by atoms with van der Waals surface area (Å²) in [5.41, 5.74) is 0. The summed E-state index contributed by atoms with van der Waals surface area (Å²) in [6.07, 6.45) is 8.71. The molecule has 2 N–H and O–H groups in total. The smallest absolute Gasteiger partial charge is 0.234 e. The highest BCUT2D eigenvalue weighted by Gasteiger charge is 2.31. The minimum absolute atomic E-state index is 0.189. The van der Waals surface area contributed by atoms with Gasteiger partial charge < -0.3 is 10.6 Å². The third-order valence-electron chi connectivity index (χ3n) is 5.00. The Morgan fingerprint density at radius 2 is 1.89 bits per heavy atom. The van der Waals surface area contributed by atoms with Crippen LogP contribution in [0.4, 0.5) is 0 Å². The molecule has 0 spiro atoms. The largest absolute Gasteiger partial charge is 0.352 e. The van der Waals surface area contributed by atoms with Crippen LogP contribution in [0.1, 0.15) is 58.8 Å². The molecule has 2 aliphatic rings. The summed E-state index contributed by atoms with van der Waals surface area (Å²) in [6, 6.07) is 0.993. The van der Waals surface area contributed by atoms with Gasteiger partial charge in [0.15, 0.2) is 0 Å². The maximum absolute atomic E-state index is 11.8. The van der Waals surface area contributed by atoms with Crippen molar-refractivity contribution in [3.05, 3.63) is 0 Å². The molecule has 0 aromatic heterocycles. The zero-order valence-corrected chi connectivity index (χ0v) is 11.9. The highest BCUT2D eigenvalue weighted by Crippen LogP contribution is 2.33. The number of hydrogen-bond donors (Lipinski definition) is 2. The quantitative estimate of drug-likeness (QED) is 0.789. The van der Waals surface area contributed by atoms with Crippen LogP contribution < -0.4 is 10.6 Å². The highest BCUT2D eigenvalue weighted by molar-refractivity contribution is 5.78. The van der Waals surface area contributed by atoms with Crippen LogP contribution in [0.3, 0.4) is 0 Å². The van der Waals surface area contributed by atoms with Gasteiger partial charge in [-0.25, -0.2) is 0 Å². The molecule has 0 radical (unpaired) electrons. The third-order valence-corrected chi connectivity index (χ3v) is 5.00. The lowest BCUT2D eigenvalue weighted by Crippen LogP contribution is -2.43. The molecule has 3 heteroatoms. The predicted octanol–water partition coefficient (Wildman–Crippen LogP) is 2.46. The number of rotatable bonds is 5. The molecule has 0 aromatic carbocycles. The molecule has 3 unspecified atom stereocenters. The fraction of sp³-hybridized carbons (Fsp3) is 0.933. The van der Waals surface area contributed by atoms with Crippen molar-refractivity contribution >= 4 is 5.91 Å². The van der Waals surface area contributed by atoms with Gasteiger partial charge in [0.1, 0.15) is 0 Å². The van der Waals surface area contributed by atoms with Crippen molar-refractivity contribution in [2.45, 2.75) is 70.9 Å². The molecule has 2 aliphatic carbocycles. The summed E-state index contributed by atoms with van der Waals surface area (Å²) in [7, 11) is 0. The Kier molecular flexibility index (Phi) is 5.04. The lowest BCUT2D eigenvalue weighted by molar-refractivity contribution is -0.121. The molecule has 0 heterocycles. The van der Waals surface area contributed by atoms with Gasteiger partial charge in [-0.05, 0) is 37.5 Å². The molecule has 0 saturated heterocycles. The SMILES string of the molecule is CCC1CCC(NCC(=O)NC2CCCC2)C1C. The van der Waals surface area contributed by atoms with Crippen LogP contribution in [0, 0.1) is 11.8 Å². The maximum atomic E-state index is 11.8. The molecule has 18 heavy (non-hydrogen) atoms. The summed E-state index contributed by atoms with van der Waals surface area (Å²) in [5, 5.41) is 6.60. The van der Waals surface area contributed by atoms with Crippen molar-refractivity contribution in [3.8, 4) is 0 Å². The molecular weight excluding hydrogens is 224 g/mol. The number of carbonyl (C=O) groups excluding carboxylic acids is 1. The van der Waals surface area contributed by atoms with Gasteiger partial charge in [0.2, 0.25) is 5.91 Å². The van der Waals surface area contributed by atoms with Crippen molar-refractivity contribution in [1.82, 2.24) is 10.6 Å². The van der Waals surface area contributed by atoms with Gasteiger partial charge in [-0.2, -0.15) is 0 Å². The number of hydrogen-bond acceptors (Lipinski definition) is 2. The first-order chi connectivity index (χ1) is 8.70. The first-order valence-corrected chi connectivity index (χ1v) is 7.73. The standard InChI is InChI=1S/C15H28N2O/c1-3-12-8-9-14(11(12)2)16-10-15(18)17-13-6-4-5-7-13/h11-14,16H,3-10H2,1-2H3,(H,17,18). The Balaban J connectivity index is 1.66. The monoisotopic (exact) mass is 252 g/mol. The van der Waals surface area contributed by atoms with Crippen molar-refractivity contribution < 1.29 is 4.79 Å². The van der Waals surface area contributed by atoms with Crippen molar-refractivity contribution in [2.75, 3.05) is 6.54 Å². The first kappa shape index (κ1) is 13.9. The Hall–Kier alpha value is -0.570. The van der Waals surface area contributed by atoms with Gasteiger partial charge in [0, 0.05) is 12.1 Å². The summed E-state index contributed by atoms with van der Waals surface area (Å²) in [5.74, 6) is 1.75. The second kappa shape index (κ2) is 6.55. The van der Waals surface area contributed by atoms with Gasteiger partial charge >= 0.3 is 0 Å². The van der Waals surface area contributed by atoms with Crippen LogP contribution in [0.15, 0.2) is 0 Å². The topological polar surface area (TPSA) is 41.1 Å². The summed E-state index contributed by atoms with van der Waals surface area (Å²) in [6.45, 7) is 5.10. The van der Waals surface area contributed by atoms with Gasteiger partial charge in [-0.3, -0.25) is 4.79 Å². The van der Waals surface area contributed by atoms with E-state index in [4.69, 9.17) is 0 Å². The van der Waals surface area contributed by atoms with Crippen molar-refractivity contribution in [3.63, 3.8) is 0 Å². The molecule has 2 fully saturated rings. The zero-order chi connectivity index (χ0) is 13.0. The summed E-state index contributed by atoms with van der Waals surface area (Å²) >= 11 is 0. The Bertz CT molecular complexity index is 274. The number of nitrogens with one attached hydrogen (secondary N) is 2. The Morgan fingerprint density at radius 3 is 2.50 bits per heavy atom. The minimum atomic E-state index is 0.189. The van der Waals surface area contributed by atoms with E-state index in [-0.39, 0.29) is 5.91 Å². The van der Waals surface area contributed by atoms with Crippen LogP contribution in [0.2, 0.25) is 0 Å². The van der Waals surface area contributed by atoms with Crippen LogP contribution >= 0.6 is 0 Å². The summed E-state index contributed by atoms with van der Waals surface area (Å²) < 4.78 is 0. The normalized spacial score (nSPS) is 32.9. The van der Waals surface area contributed by atoms with Gasteiger partial charge in [-0.15, -0.1) is 0 Å². The predicted molar refractivity (Wildman–Crippen MR) is 74.4 cm³/mol. The van der Waals surface area contributed by atoms with Crippen LogP contribution in [-0.4, -0.2) is 24.5 Å². The zero-order valence-electron chi connectivity index (χ0n) is 11.9. The molecule has 3 atom stereocenters. The lowest BCUT2D eigenvalue weighted by Gasteiger charge is -2.21. The third kappa shape index (κ3) is 3.47. The molecule has 1 amide bonds. The lowest BCUT2D eigenvalue weighted by atomic mass is 9.93. The van der Waals surface area contributed by atoms with E-state index in [1.165, 1.54) is 44.9 Å². The highest BCUT2D eigenvalue weighted by atomic mass is 16.2. The number of carbonyl (C=O) groups is 1. The van der Waals surface area contributed by atoms with Crippen LogP contribution in [0.5, 0.6) is 0 Å². The molecule has 0 bridgehead atoms. The van der Waals surface area contributed by atoms with E-state index in [1.54, 1.807) is 0 Å². The van der Waals surface area contributed by atoms with E-state index in [0.29, 0.717) is 24.5 Å². The molecule has 104 valence electrons. The molecule has 2 rings (SSSR count). The average molecular weight is 252 g/mol. The Morgan fingerprint density at radius 1 is 1.17 bits per heavy atom.